The lowest BCUT2D eigenvalue weighted by atomic mass is 9.82. The molecule has 0 aromatic heterocycles. The number of terminal acetylenes is 1. The Kier molecular flexibility index (Phi) is 6.94. The molecule has 2 atom stereocenters. The number of hydrogen-bond acceptors (Lipinski definition) is 4. The van der Waals surface area contributed by atoms with Crippen molar-refractivity contribution in [3.05, 3.63) is 33.8 Å². The molecule has 0 aliphatic carbocycles. The summed E-state index contributed by atoms with van der Waals surface area (Å²) in [7, 11) is 0. The van der Waals surface area contributed by atoms with Gasteiger partial charge in [0.25, 0.3) is 0 Å². The highest BCUT2D eigenvalue weighted by molar-refractivity contribution is 6.35. The Morgan fingerprint density at radius 2 is 2.12 bits per heavy atom. The summed E-state index contributed by atoms with van der Waals surface area (Å²) in [4.78, 5) is 0. The number of ether oxygens (including phenoxy) is 1. The Labute approximate surface area is 154 Å². The fourth-order valence-corrected chi connectivity index (χ4v) is 3.49. The van der Waals surface area contributed by atoms with E-state index in [4.69, 9.17) is 34.4 Å². The number of benzene rings is 1. The fourth-order valence-electron chi connectivity index (χ4n) is 2.96. The zero-order chi connectivity index (χ0) is 17.7. The van der Waals surface area contributed by atoms with Crippen LogP contribution in [-0.4, -0.2) is 31.0 Å². The lowest BCUT2D eigenvalue weighted by Crippen LogP contribution is -2.48. The van der Waals surface area contributed by atoms with Crippen LogP contribution in [0.4, 0.5) is 0 Å². The smallest absolute Gasteiger partial charge is 0.108 e. The van der Waals surface area contributed by atoms with Gasteiger partial charge in [-0.3, -0.25) is 5.32 Å². The van der Waals surface area contributed by atoms with Crippen molar-refractivity contribution in [2.45, 2.75) is 39.3 Å². The van der Waals surface area contributed by atoms with Gasteiger partial charge in [-0.15, -0.1) is 6.42 Å². The van der Waals surface area contributed by atoms with E-state index in [1.807, 2.05) is 12.1 Å². The standard InChI is InChI=1S/C18H25Cl2N3O/c1-5-8-24-16(14-7-6-13(19)9-15(14)20)10-17(18(2,3)4)23-12-21-11-22-23/h1,6-7,9,16-17,21-22H,8,10-12H2,2-4H3. The summed E-state index contributed by atoms with van der Waals surface area (Å²) in [5.74, 6) is 2.55. The molecule has 1 aliphatic rings. The average molecular weight is 370 g/mol. The van der Waals surface area contributed by atoms with Crippen molar-refractivity contribution >= 4 is 23.2 Å². The molecule has 24 heavy (non-hydrogen) atoms. The van der Waals surface area contributed by atoms with E-state index >= 15 is 0 Å². The third-order valence-corrected chi connectivity index (χ3v) is 4.74. The molecule has 1 aliphatic heterocycles. The van der Waals surface area contributed by atoms with Crippen LogP contribution in [0, 0.1) is 17.8 Å². The normalized spacial score (nSPS) is 18.3. The summed E-state index contributed by atoms with van der Waals surface area (Å²) in [6.07, 6.45) is 5.96. The van der Waals surface area contributed by atoms with Gasteiger partial charge < -0.3 is 4.74 Å². The predicted octanol–water partition coefficient (Wildman–Crippen LogP) is 3.81. The first-order valence-electron chi connectivity index (χ1n) is 8.04. The number of nitrogens with one attached hydrogen (secondary N) is 2. The van der Waals surface area contributed by atoms with Gasteiger partial charge in [0.1, 0.15) is 6.61 Å². The number of hydrogen-bond donors (Lipinski definition) is 2. The van der Waals surface area contributed by atoms with E-state index in [2.05, 4.69) is 42.4 Å². The Morgan fingerprint density at radius 3 is 2.67 bits per heavy atom. The van der Waals surface area contributed by atoms with Crippen LogP contribution in [0.3, 0.4) is 0 Å². The van der Waals surface area contributed by atoms with Crippen molar-refractivity contribution in [2.75, 3.05) is 19.9 Å². The minimum absolute atomic E-state index is 0.0513. The first kappa shape index (κ1) is 19.5. The number of hydrazine groups is 1. The van der Waals surface area contributed by atoms with Gasteiger partial charge in [-0.25, -0.2) is 10.4 Å². The second kappa shape index (κ2) is 8.53. The molecule has 2 rings (SSSR count). The number of rotatable bonds is 6. The van der Waals surface area contributed by atoms with Crippen molar-refractivity contribution in [1.82, 2.24) is 15.8 Å². The molecule has 1 aromatic carbocycles. The first-order valence-corrected chi connectivity index (χ1v) is 8.79. The van der Waals surface area contributed by atoms with Crippen LogP contribution in [0.5, 0.6) is 0 Å². The third-order valence-electron chi connectivity index (χ3n) is 4.18. The van der Waals surface area contributed by atoms with E-state index in [0.29, 0.717) is 10.0 Å². The van der Waals surface area contributed by atoms with Crippen LogP contribution >= 0.6 is 23.2 Å². The lowest BCUT2D eigenvalue weighted by Gasteiger charge is -2.39. The van der Waals surface area contributed by atoms with E-state index in [1.54, 1.807) is 6.07 Å². The van der Waals surface area contributed by atoms with Crippen molar-refractivity contribution in [3.8, 4) is 12.3 Å². The maximum atomic E-state index is 6.40. The van der Waals surface area contributed by atoms with E-state index in [1.165, 1.54) is 0 Å². The molecule has 6 heteroatoms. The highest BCUT2D eigenvalue weighted by Gasteiger charge is 2.35. The van der Waals surface area contributed by atoms with E-state index in [-0.39, 0.29) is 24.2 Å². The van der Waals surface area contributed by atoms with Crippen molar-refractivity contribution in [2.24, 2.45) is 5.41 Å². The summed E-state index contributed by atoms with van der Waals surface area (Å²) in [5, 5.41) is 6.73. The quantitative estimate of drug-likeness (QED) is 0.747. The van der Waals surface area contributed by atoms with Crippen LogP contribution in [0.25, 0.3) is 0 Å². The van der Waals surface area contributed by atoms with E-state index in [9.17, 15) is 0 Å². The molecule has 0 amide bonds. The third kappa shape index (κ3) is 5.10. The van der Waals surface area contributed by atoms with Gasteiger partial charge in [0.05, 0.1) is 19.4 Å². The lowest BCUT2D eigenvalue weighted by molar-refractivity contribution is 0.00244. The highest BCUT2D eigenvalue weighted by atomic mass is 35.5. The Morgan fingerprint density at radius 1 is 1.38 bits per heavy atom. The maximum Gasteiger partial charge on any atom is 0.108 e. The molecule has 4 nitrogen and oxygen atoms in total. The van der Waals surface area contributed by atoms with E-state index in [0.717, 1.165) is 25.3 Å². The van der Waals surface area contributed by atoms with Gasteiger partial charge >= 0.3 is 0 Å². The molecule has 1 heterocycles. The van der Waals surface area contributed by atoms with Crippen LogP contribution in [0.2, 0.25) is 10.0 Å². The zero-order valence-corrected chi connectivity index (χ0v) is 15.9. The Balaban J connectivity index is 2.27. The molecular formula is C18H25Cl2N3O. The molecule has 0 saturated carbocycles. The monoisotopic (exact) mass is 369 g/mol. The summed E-state index contributed by atoms with van der Waals surface area (Å²) >= 11 is 12.4. The molecule has 2 N–H and O–H groups in total. The minimum atomic E-state index is -0.197. The Hall–Kier alpha value is -0.800. The van der Waals surface area contributed by atoms with Crippen molar-refractivity contribution in [3.63, 3.8) is 0 Å². The second-order valence-electron chi connectivity index (χ2n) is 7.00. The van der Waals surface area contributed by atoms with Crippen molar-refractivity contribution in [1.29, 1.82) is 0 Å². The molecule has 1 saturated heterocycles. The van der Waals surface area contributed by atoms with E-state index < -0.39 is 0 Å². The summed E-state index contributed by atoms with van der Waals surface area (Å²) < 4.78 is 5.94. The van der Waals surface area contributed by atoms with Gasteiger partial charge in [-0.1, -0.05) is 56.0 Å². The summed E-state index contributed by atoms with van der Waals surface area (Å²) in [5.41, 5.74) is 4.34. The molecule has 2 unspecified atom stereocenters. The predicted molar refractivity (Wildman–Crippen MR) is 99.7 cm³/mol. The summed E-state index contributed by atoms with van der Waals surface area (Å²) in [6, 6.07) is 5.73. The Bertz CT molecular complexity index is 589. The minimum Gasteiger partial charge on any atom is -0.361 e. The molecule has 132 valence electrons. The van der Waals surface area contributed by atoms with Gasteiger partial charge in [0.2, 0.25) is 0 Å². The maximum absolute atomic E-state index is 6.40. The number of nitrogens with zero attached hydrogens (tertiary/aromatic N) is 1. The van der Waals surface area contributed by atoms with Crippen LogP contribution in [0.15, 0.2) is 18.2 Å². The molecule has 1 fully saturated rings. The van der Waals surface area contributed by atoms with Crippen LogP contribution in [0.1, 0.15) is 38.9 Å². The average Bonchev–Trinajstić information content (AvgIpc) is 3.01. The second-order valence-corrected chi connectivity index (χ2v) is 7.84. The van der Waals surface area contributed by atoms with Gasteiger partial charge in [0.15, 0.2) is 0 Å². The highest BCUT2D eigenvalue weighted by Crippen LogP contribution is 2.36. The number of halogens is 2. The van der Waals surface area contributed by atoms with Crippen LogP contribution < -0.4 is 10.7 Å². The molecule has 0 radical (unpaired) electrons. The SMILES string of the molecule is C#CCOC(CC(N1CNCN1)C(C)(C)C)c1ccc(Cl)cc1Cl. The largest absolute Gasteiger partial charge is 0.361 e. The zero-order valence-electron chi connectivity index (χ0n) is 14.4. The molecular weight excluding hydrogens is 345 g/mol. The first-order chi connectivity index (χ1) is 11.3. The molecule has 0 spiro atoms. The van der Waals surface area contributed by atoms with Gasteiger partial charge in [0, 0.05) is 16.1 Å². The topological polar surface area (TPSA) is 36.5 Å². The summed E-state index contributed by atoms with van der Waals surface area (Å²) in [6.45, 7) is 8.46. The van der Waals surface area contributed by atoms with Gasteiger partial charge in [-0.2, -0.15) is 0 Å². The van der Waals surface area contributed by atoms with Gasteiger partial charge in [-0.05, 0) is 29.5 Å². The molecule has 0 bridgehead atoms. The fraction of sp³-hybridized carbons (Fsp3) is 0.556. The molecule has 1 aromatic rings. The van der Waals surface area contributed by atoms with Crippen LogP contribution in [-0.2, 0) is 4.74 Å². The van der Waals surface area contributed by atoms with Crippen molar-refractivity contribution < 1.29 is 4.74 Å².